The van der Waals surface area contributed by atoms with Crippen molar-refractivity contribution in [3.8, 4) is 0 Å². The number of ether oxygens (including phenoxy) is 3. The molecule has 4 atom stereocenters. The van der Waals surface area contributed by atoms with Crippen LogP contribution < -0.4 is 0 Å². The fourth-order valence-corrected chi connectivity index (χ4v) is 5.70. The molecule has 0 aromatic heterocycles. The summed E-state index contributed by atoms with van der Waals surface area (Å²) in [5.74, 6) is -1.15. The average Bonchev–Trinajstić information content (AvgIpc) is 3.10. The van der Waals surface area contributed by atoms with Crippen LogP contribution in [0.4, 0.5) is 0 Å². The summed E-state index contributed by atoms with van der Waals surface area (Å²) in [6.07, 6.45) is 21.0. The normalized spacial score (nSPS) is 13.8. The van der Waals surface area contributed by atoms with Gasteiger partial charge in [-0.2, -0.15) is 0 Å². The molecule has 10 nitrogen and oxygen atoms in total. The predicted octanol–water partition coefficient (Wildman–Crippen LogP) is 7.63. The lowest BCUT2D eigenvalue weighted by Gasteiger charge is -2.18. The van der Waals surface area contributed by atoms with E-state index in [0.717, 1.165) is 70.6 Å². The van der Waals surface area contributed by atoms with E-state index >= 15 is 0 Å². The molecule has 0 bridgehead atoms. The maximum atomic E-state index is 12.6. The highest BCUT2D eigenvalue weighted by Gasteiger charge is 2.20. The van der Waals surface area contributed by atoms with E-state index in [2.05, 4.69) is 6.92 Å². The van der Waals surface area contributed by atoms with E-state index in [1.54, 1.807) is 0 Å². The number of esters is 3. The van der Waals surface area contributed by atoms with Gasteiger partial charge in [0.15, 0.2) is 6.10 Å². The van der Waals surface area contributed by atoms with Gasteiger partial charge in [-0.05, 0) is 38.5 Å². The zero-order chi connectivity index (χ0) is 36.4. The Balaban J connectivity index is 4.42. The van der Waals surface area contributed by atoms with Crippen molar-refractivity contribution in [1.29, 1.82) is 0 Å². The van der Waals surface area contributed by atoms with Crippen molar-refractivity contribution in [2.24, 2.45) is 0 Å². The molecule has 4 N–H and O–H groups in total. The van der Waals surface area contributed by atoms with Crippen LogP contribution in [0.15, 0.2) is 0 Å². The topological polar surface area (TPSA) is 160 Å². The Morgan fingerprint density at radius 3 is 1.31 bits per heavy atom. The number of hydrogen-bond acceptors (Lipinski definition) is 10. The van der Waals surface area contributed by atoms with Gasteiger partial charge in [0.1, 0.15) is 13.2 Å². The van der Waals surface area contributed by atoms with Gasteiger partial charge in [0, 0.05) is 19.3 Å². The second-order valence-electron chi connectivity index (χ2n) is 13.8. The van der Waals surface area contributed by atoms with Gasteiger partial charge in [0.25, 0.3) is 0 Å². The second-order valence-corrected chi connectivity index (χ2v) is 13.8. The molecule has 0 aliphatic carbocycles. The lowest BCUT2D eigenvalue weighted by molar-refractivity contribution is -0.167. The van der Waals surface area contributed by atoms with Gasteiger partial charge in [-0.25, -0.2) is 0 Å². The minimum Gasteiger partial charge on any atom is -0.462 e. The van der Waals surface area contributed by atoms with Crippen LogP contribution in [0.5, 0.6) is 0 Å². The van der Waals surface area contributed by atoms with E-state index in [0.29, 0.717) is 32.1 Å². The van der Waals surface area contributed by atoms with E-state index in [9.17, 15) is 29.7 Å². The summed E-state index contributed by atoms with van der Waals surface area (Å²) in [5.41, 5.74) is 0. The fraction of sp³-hybridized carbons (Fsp3) is 0.923. The highest BCUT2D eigenvalue weighted by molar-refractivity contribution is 5.71. The van der Waals surface area contributed by atoms with Crippen LogP contribution in [-0.2, 0) is 28.6 Å². The van der Waals surface area contributed by atoms with Gasteiger partial charge in [-0.15, -0.1) is 0 Å². The summed E-state index contributed by atoms with van der Waals surface area (Å²) >= 11 is 0. The lowest BCUT2D eigenvalue weighted by atomic mass is 10.0. The summed E-state index contributed by atoms with van der Waals surface area (Å²) in [5, 5.41) is 37.8. The van der Waals surface area contributed by atoms with E-state index < -0.39 is 24.4 Å². The Morgan fingerprint density at radius 2 is 0.878 bits per heavy atom. The maximum Gasteiger partial charge on any atom is 0.306 e. The van der Waals surface area contributed by atoms with Crippen molar-refractivity contribution >= 4 is 17.9 Å². The summed E-state index contributed by atoms with van der Waals surface area (Å²) in [4.78, 5) is 37.3. The van der Waals surface area contributed by atoms with Crippen LogP contribution in [-0.4, -0.2) is 82.6 Å². The van der Waals surface area contributed by atoms with Crippen LogP contribution in [0.1, 0.15) is 187 Å². The van der Waals surface area contributed by atoms with Crippen molar-refractivity contribution < 1.29 is 49.0 Å². The quantitative estimate of drug-likeness (QED) is 0.0290. The van der Waals surface area contributed by atoms with E-state index in [1.165, 1.54) is 51.4 Å². The van der Waals surface area contributed by atoms with Crippen molar-refractivity contribution in [2.45, 2.75) is 212 Å². The first-order chi connectivity index (χ1) is 23.7. The third-order valence-electron chi connectivity index (χ3n) is 9.02. The van der Waals surface area contributed by atoms with Crippen LogP contribution in [0.25, 0.3) is 0 Å². The number of unbranched alkanes of at least 4 members (excludes halogenated alkanes) is 18. The summed E-state index contributed by atoms with van der Waals surface area (Å²) < 4.78 is 16.4. The minimum absolute atomic E-state index is 0.159. The molecule has 4 unspecified atom stereocenters. The number of rotatable bonds is 36. The Labute approximate surface area is 298 Å². The molecule has 0 radical (unpaired) electrons. The standard InChI is InChI=1S/C39H74O10/c1-3-5-6-7-8-9-10-11-12-17-24-29-39(46)49-34(31-47-37(44)27-22-18-13-15-20-25-33(41)30-40)32-48-38(45)28-23-19-14-16-21-26-36(43)35(42)4-2/h33-36,40-43H,3-32H2,1-2H3. The van der Waals surface area contributed by atoms with Crippen molar-refractivity contribution in [1.82, 2.24) is 0 Å². The molecular formula is C39H74O10. The Bertz CT molecular complexity index is 777. The van der Waals surface area contributed by atoms with Crippen molar-refractivity contribution in [3.05, 3.63) is 0 Å². The number of aliphatic hydroxyl groups excluding tert-OH is 4. The minimum atomic E-state index is -0.851. The molecule has 49 heavy (non-hydrogen) atoms. The Hall–Kier alpha value is -1.75. The number of aliphatic hydroxyl groups is 4. The summed E-state index contributed by atoms with van der Waals surface area (Å²) in [6, 6.07) is 0. The van der Waals surface area contributed by atoms with Gasteiger partial charge >= 0.3 is 17.9 Å². The van der Waals surface area contributed by atoms with E-state index in [1.807, 2.05) is 6.92 Å². The zero-order valence-corrected chi connectivity index (χ0v) is 31.3. The molecular weight excluding hydrogens is 628 g/mol. The lowest BCUT2D eigenvalue weighted by Crippen LogP contribution is -2.30. The number of carbonyl (C=O) groups is 3. The molecule has 0 aliphatic rings. The molecule has 0 spiro atoms. The van der Waals surface area contributed by atoms with E-state index in [4.69, 9.17) is 19.3 Å². The van der Waals surface area contributed by atoms with Crippen LogP contribution in [0.2, 0.25) is 0 Å². The molecule has 0 aliphatic heterocycles. The molecule has 0 saturated carbocycles. The van der Waals surface area contributed by atoms with Gasteiger partial charge < -0.3 is 34.6 Å². The first kappa shape index (κ1) is 47.2. The van der Waals surface area contributed by atoms with Gasteiger partial charge in [0.05, 0.1) is 24.9 Å². The molecule has 290 valence electrons. The maximum absolute atomic E-state index is 12.6. The molecule has 0 amide bonds. The van der Waals surface area contributed by atoms with Crippen molar-refractivity contribution in [2.75, 3.05) is 19.8 Å². The smallest absolute Gasteiger partial charge is 0.306 e. The van der Waals surface area contributed by atoms with Gasteiger partial charge in [-0.3, -0.25) is 14.4 Å². The SMILES string of the molecule is CCCCCCCCCCCCCC(=O)OC(COC(=O)CCCCCCCC(O)CO)COC(=O)CCCCCCCC(O)C(O)CC. The predicted molar refractivity (Wildman–Crippen MR) is 193 cm³/mol. The number of carbonyl (C=O) groups excluding carboxylic acids is 3. The fourth-order valence-electron chi connectivity index (χ4n) is 5.70. The van der Waals surface area contributed by atoms with Crippen molar-refractivity contribution in [3.63, 3.8) is 0 Å². The second kappa shape index (κ2) is 34.7. The first-order valence-electron chi connectivity index (χ1n) is 19.9. The summed E-state index contributed by atoms with van der Waals surface area (Å²) in [6.45, 7) is 3.53. The number of hydrogen-bond donors (Lipinski definition) is 4. The highest BCUT2D eigenvalue weighted by atomic mass is 16.6. The molecule has 0 rings (SSSR count). The third kappa shape index (κ3) is 31.9. The van der Waals surface area contributed by atoms with Gasteiger partial charge in [-0.1, -0.05) is 129 Å². The van der Waals surface area contributed by atoms with Crippen LogP contribution >= 0.6 is 0 Å². The third-order valence-corrected chi connectivity index (χ3v) is 9.02. The molecule has 0 aromatic rings. The molecule has 10 heteroatoms. The molecule has 0 fully saturated rings. The molecule has 0 heterocycles. The average molecular weight is 703 g/mol. The van der Waals surface area contributed by atoms with E-state index in [-0.39, 0.29) is 57.0 Å². The molecule has 0 aromatic carbocycles. The summed E-state index contributed by atoms with van der Waals surface area (Å²) in [7, 11) is 0. The van der Waals surface area contributed by atoms with Crippen LogP contribution in [0.3, 0.4) is 0 Å². The first-order valence-corrected chi connectivity index (χ1v) is 19.9. The molecule has 0 saturated heterocycles. The van der Waals surface area contributed by atoms with Crippen LogP contribution in [0, 0.1) is 0 Å². The van der Waals surface area contributed by atoms with Gasteiger partial charge in [0.2, 0.25) is 0 Å². The monoisotopic (exact) mass is 703 g/mol. The largest absolute Gasteiger partial charge is 0.462 e. The Kier molecular flexibility index (Phi) is 33.4. The highest BCUT2D eigenvalue weighted by Crippen LogP contribution is 2.15. The Morgan fingerprint density at radius 1 is 0.490 bits per heavy atom. The zero-order valence-electron chi connectivity index (χ0n) is 31.3.